The molecule has 0 atom stereocenters. The number of amides is 1. The van der Waals surface area contributed by atoms with Gasteiger partial charge in [0.25, 0.3) is 5.91 Å². The van der Waals surface area contributed by atoms with Crippen LogP contribution in [-0.4, -0.2) is 56.7 Å². The van der Waals surface area contributed by atoms with Crippen LogP contribution in [0.3, 0.4) is 0 Å². The summed E-state index contributed by atoms with van der Waals surface area (Å²) in [5.41, 5.74) is 2.38. The molecule has 2 aromatic heterocycles. The van der Waals surface area contributed by atoms with Crippen LogP contribution in [0.2, 0.25) is 5.02 Å². The molecule has 3 rings (SSSR count). The van der Waals surface area contributed by atoms with Gasteiger partial charge < -0.3 is 4.90 Å². The Balaban J connectivity index is 1.62. The average molecular weight is 410 g/mol. The Labute approximate surface area is 170 Å². The van der Waals surface area contributed by atoms with Gasteiger partial charge in [-0.2, -0.15) is 5.10 Å². The maximum Gasteiger partial charge on any atom is 0.275 e. The molecular formula is C19H28ClN5OS. The van der Waals surface area contributed by atoms with Crippen LogP contribution >= 0.6 is 22.9 Å². The number of nitrogens with zero attached hydrogens (tertiary/aromatic N) is 5. The topological polar surface area (TPSA) is 54.3 Å². The number of thiazole rings is 1. The molecule has 0 bridgehead atoms. The van der Waals surface area contributed by atoms with Gasteiger partial charge in [0.15, 0.2) is 5.69 Å². The van der Waals surface area contributed by atoms with Gasteiger partial charge in [0.1, 0.15) is 0 Å². The molecule has 3 heterocycles. The molecule has 0 spiro atoms. The number of carbonyl (C=O) groups is 1. The monoisotopic (exact) mass is 409 g/mol. The largest absolute Gasteiger partial charge is 0.336 e. The van der Waals surface area contributed by atoms with E-state index in [1.54, 1.807) is 16.0 Å². The van der Waals surface area contributed by atoms with Crippen LogP contribution in [0.25, 0.3) is 0 Å². The smallest absolute Gasteiger partial charge is 0.275 e. The van der Waals surface area contributed by atoms with Gasteiger partial charge in [0.2, 0.25) is 0 Å². The maximum atomic E-state index is 12.9. The summed E-state index contributed by atoms with van der Waals surface area (Å²) in [6.45, 7) is 12.5. The van der Waals surface area contributed by atoms with E-state index in [0.717, 1.165) is 44.0 Å². The lowest BCUT2D eigenvalue weighted by atomic mass is 9.98. The summed E-state index contributed by atoms with van der Waals surface area (Å²) < 4.78 is 1.66. The van der Waals surface area contributed by atoms with E-state index < -0.39 is 0 Å². The predicted octanol–water partition coefficient (Wildman–Crippen LogP) is 3.48. The van der Waals surface area contributed by atoms with Gasteiger partial charge in [-0.3, -0.25) is 14.4 Å². The molecule has 1 amide bonds. The summed E-state index contributed by atoms with van der Waals surface area (Å²) in [4.78, 5) is 21.9. The molecule has 1 aliphatic heterocycles. The Hall–Kier alpha value is -1.44. The van der Waals surface area contributed by atoms with Crippen LogP contribution in [-0.2, 0) is 19.0 Å². The van der Waals surface area contributed by atoms with Gasteiger partial charge in [0.05, 0.1) is 21.4 Å². The molecule has 0 saturated carbocycles. The third-order valence-electron chi connectivity index (χ3n) is 4.92. The van der Waals surface area contributed by atoms with Crippen molar-refractivity contribution in [3.05, 3.63) is 32.5 Å². The number of aromatic nitrogens is 3. The first-order valence-corrected chi connectivity index (χ1v) is 10.6. The van der Waals surface area contributed by atoms with E-state index in [2.05, 4.69) is 36.1 Å². The molecule has 0 unspecified atom stereocenters. The van der Waals surface area contributed by atoms with E-state index in [4.69, 9.17) is 16.6 Å². The Morgan fingerprint density at radius 3 is 2.59 bits per heavy atom. The summed E-state index contributed by atoms with van der Waals surface area (Å²) in [6, 6.07) is 0. The Morgan fingerprint density at radius 1 is 1.26 bits per heavy atom. The van der Waals surface area contributed by atoms with E-state index in [1.165, 1.54) is 5.01 Å². The first-order chi connectivity index (χ1) is 12.7. The molecule has 0 N–H and O–H groups in total. The van der Waals surface area contributed by atoms with Gasteiger partial charge in [-0.1, -0.05) is 32.4 Å². The van der Waals surface area contributed by atoms with E-state index in [0.29, 0.717) is 17.3 Å². The number of hydrogen-bond acceptors (Lipinski definition) is 5. The number of hydrogen-bond donors (Lipinski definition) is 0. The second kappa shape index (κ2) is 7.89. The number of halogens is 1. The van der Waals surface area contributed by atoms with E-state index in [1.807, 2.05) is 18.9 Å². The predicted molar refractivity (Wildman–Crippen MR) is 110 cm³/mol. The van der Waals surface area contributed by atoms with Crippen molar-refractivity contribution in [2.24, 2.45) is 7.05 Å². The fourth-order valence-corrected chi connectivity index (χ4v) is 4.29. The third-order valence-corrected chi connectivity index (χ3v) is 6.69. The summed E-state index contributed by atoms with van der Waals surface area (Å²) in [6.07, 6.45) is 0.936. The Morgan fingerprint density at radius 2 is 2.00 bits per heavy atom. The van der Waals surface area contributed by atoms with Crippen molar-refractivity contribution in [2.45, 2.75) is 46.1 Å². The van der Waals surface area contributed by atoms with Gasteiger partial charge in [-0.05, 0) is 13.3 Å². The molecule has 1 aliphatic rings. The third kappa shape index (κ3) is 4.52. The number of carbonyl (C=O) groups excluding carboxylic acids is 1. The van der Waals surface area contributed by atoms with Gasteiger partial charge in [-0.15, -0.1) is 11.3 Å². The number of aryl methyl sites for hydroxylation is 1. The lowest BCUT2D eigenvalue weighted by molar-refractivity contribution is 0.0754. The number of rotatable bonds is 3. The second-order valence-electron chi connectivity index (χ2n) is 8.19. The quantitative estimate of drug-likeness (QED) is 0.778. The highest BCUT2D eigenvalue weighted by atomic mass is 35.5. The van der Waals surface area contributed by atoms with Crippen LogP contribution in [0.15, 0.2) is 5.38 Å². The molecule has 0 aliphatic carbocycles. The SMILES string of the molecule is Cc1c(Cl)c(C(=O)N2CCCN(Cc3csc(C(C)(C)C)n3)CC2)nn1C. The van der Waals surface area contributed by atoms with Crippen LogP contribution in [0.5, 0.6) is 0 Å². The van der Waals surface area contributed by atoms with Crippen molar-refractivity contribution in [1.29, 1.82) is 0 Å². The Kier molecular flexibility index (Phi) is 5.93. The molecule has 1 fully saturated rings. The molecule has 6 nitrogen and oxygen atoms in total. The highest BCUT2D eigenvalue weighted by Gasteiger charge is 2.26. The van der Waals surface area contributed by atoms with Crippen molar-refractivity contribution in [2.75, 3.05) is 26.2 Å². The lowest BCUT2D eigenvalue weighted by Gasteiger charge is -2.21. The van der Waals surface area contributed by atoms with E-state index >= 15 is 0 Å². The van der Waals surface area contributed by atoms with Crippen LogP contribution in [0, 0.1) is 6.92 Å². The zero-order valence-electron chi connectivity index (χ0n) is 16.8. The summed E-state index contributed by atoms with van der Waals surface area (Å²) >= 11 is 8.03. The highest BCUT2D eigenvalue weighted by molar-refractivity contribution is 7.09. The molecular weight excluding hydrogens is 382 g/mol. The summed E-state index contributed by atoms with van der Waals surface area (Å²) in [5, 5.41) is 8.09. The van der Waals surface area contributed by atoms with Crippen LogP contribution in [0.1, 0.15) is 54.1 Å². The highest BCUT2D eigenvalue weighted by Crippen LogP contribution is 2.26. The lowest BCUT2D eigenvalue weighted by Crippen LogP contribution is -2.35. The minimum absolute atomic E-state index is 0.0748. The van der Waals surface area contributed by atoms with Gasteiger partial charge in [0, 0.05) is 50.6 Å². The van der Waals surface area contributed by atoms with Gasteiger partial charge >= 0.3 is 0 Å². The standard InChI is InChI=1S/C19H28ClN5OS/c1-13-15(20)16(22-23(13)5)17(26)25-8-6-7-24(9-10-25)11-14-12-27-18(21-14)19(2,3)4/h12H,6-11H2,1-5H3. The molecule has 0 radical (unpaired) electrons. The summed E-state index contributed by atoms with van der Waals surface area (Å²) in [7, 11) is 1.81. The first-order valence-electron chi connectivity index (χ1n) is 9.32. The summed E-state index contributed by atoms with van der Waals surface area (Å²) in [5.74, 6) is -0.0748. The zero-order chi connectivity index (χ0) is 19.8. The zero-order valence-corrected chi connectivity index (χ0v) is 18.3. The van der Waals surface area contributed by atoms with Crippen molar-refractivity contribution >= 4 is 28.8 Å². The van der Waals surface area contributed by atoms with Crippen molar-refractivity contribution in [3.63, 3.8) is 0 Å². The normalized spacial score (nSPS) is 16.6. The minimum atomic E-state index is -0.0748. The van der Waals surface area contributed by atoms with E-state index in [-0.39, 0.29) is 11.3 Å². The molecule has 2 aromatic rings. The van der Waals surface area contributed by atoms with Crippen LogP contribution < -0.4 is 0 Å². The molecule has 148 valence electrons. The fraction of sp³-hybridized carbons (Fsp3) is 0.632. The van der Waals surface area contributed by atoms with Gasteiger partial charge in [-0.25, -0.2) is 4.98 Å². The average Bonchev–Trinajstić information content (AvgIpc) is 3.08. The molecule has 1 saturated heterocycles. The van der Waals surface area contributed by atoms with Crippen molar-refractivity contribution in [3.8, 4) is 0 Å². The van der Waals surface area contributed by atoms with Crippen LogP contribution in [0.4, 0.5) is 0 Å². The Bertz CT molecular complexity index is 823. The first kappa shape index (κ1) is 20.3. The minimum Gasteiger partial charge on any atom is -0.336 e. The van der Waals surface area contributed by atoms with E-state index in [9.17, 15) is 4.79 Å². The molecule has 8 heteroatoms. The van der Waals surface area contributed by atoms with Crippen molar-refractivity contribution in [1.82, 2.24) is 24.6 Å². The van der Waals surface area contributed by atoms with Crippen molar-refractivity contribution < 1.29 is 4.79 Å². The maximum absolute atomic E-state index is 12.9. The fourth-order valence-electron chi connectivity index (χ4n) is 3.15. The molecule has 0 aromatic carbocycles. The second-order valence-corrected chi connectivity index (χ2v) is 9.42. The molecule has 27 heavy (non-hydrogen) atoms.